The summed E-state index contributed by atoms with van der Waals surface area (Å²) in [6, 6.07) is 4.46. The summed E-state index contributed by atoms with van der Waals surface area (Å²) in [6.45, 7) is 3.58. The minimum absolute atomic E-state index is 0.0942. The van der Waals surface area contributed by atoms with E-state index in [2.05, 4.69) is 17.5 Å². The van der Waals surface area contributed by atoms with Crippen molar-refractivity contribution in [2.75, 3.05) is 5.75 Å². The molecular weight excluding hydrogens is 324 g/mol. The molecule has 2 rings (SSSR count). The monoisotopic (exact) mass is 346 g/mol. The summed E-state index contributed by atoms with van der Waals surface area (Å²) < 4.78 is 5.13. The fraction of sp³-hybridized carbons (Fsp3) is 0.588. The number of dihydropyridines is 1. The zero-order valence-electron chi connectivity index (χ0n) is 14.0. The summed E-state index contributed by atoms with van der Waals surface area (Å²) in [5, 5.41) is 22.8. The number of carbonyl (C=O) groups is 1. The first-order valence-corrected chi connectivity index (χ1v) is 9.07. The number of allylic oxidation sites excluding steroid dienone is 2. The maximum Gasteiger partial charge on any atom is 0.316 e. The highest BCUT2D eigenvalue weighted by Gasteiger charge is 2.45. The maximum atomic E-state index is 11.8. The number of hydrogen-bond donors (Lipinski definition) is 2. The summed E-state index contributed by atoms with van der Waals surface area (Å²) in [4.78, 5) is 11.8. The largest absolute Gasteiger partial charge is 0.462 e. The van der Waals surface area contributed by atoms with E-state index in [4.69, 9.17) is 10.5 Å². The minimum Gasteiger partial charge on any atom is -0.462 e. The lowest BCUT2D eigenvalue weighted by Crippen LogP contribution is -2.39. The van der Waals surface area contributed by atoms with Crippen LogP contribution in [-0.2, 0) is 9.53 Å². The third-order valence-electron chi connectivity index (χ3n) is 4.33. The van der Waals surface area contributed by atoms with E-state index in [1.807, 2.05) is 0 Å². The number of carbonyl (C=O) groups excluding carboxylic acids is 1. The molecular formula is C17H22N4O2S. The van der Waals surface area contributed by atoms with Crippen LogP contribution in [0.1, 0.15) is 46.0 Å². The normalized spacial score (nSPS) is 19.7. The van der Waals surface area contributed by atoms with Gasteiger partial charge in [-0.15, -0.1) is 0 Å². The molecule has 2 aliphatic rings. The zero-order chi connectivity index (χ0) is 17.7. The van der Waals surface area contributed by atoms with Gasteiger partial charge in [0.25, 0.3) is 0 Å². The fourth-order valence-electron chi connectivity index (χ4n) is 3.36. The van der Waals surface area contributed by atoms with Crippen molar-refractivity contribution in [3.63, 3.8) is 0 Å². The number of nitrogens with one attached hydrogen (secondary N) is 1. The van der Waals surface area contributed by atoms with Crippen LogP contribution in [0.2, 0.25) is 0 Å². The Morgan fingerprint density at radius 1 is 1.29 bits per heavy atom. The van der Waals surface area contributed by atoms with Crippen molar-refractivity contribution in [1.82, 2.24) is 5.32 Å². The number of hydrogen-bond acceptors (Lipinski definition) is 7. The number of rotatable bonds is 4. The Labute approximate surface area is 146 Å². The Balaban J connectivity index is 2.31. The van der Waals surface area contributed by atoms with Crippen LogP contribution in [-0.4, -0.2) is 17.8 Å². The Morgan fingerprint density at radius 3 is 2.46 bits per heavy atom. The first kappa shape index (κ1) is 18.2. The van der Waals surface area contributed by atoms with E-state index in [1.165, 1.54) is 11.8 Å². The van der Waals surface area contributed by atoms with E-state index < -0.39 is 5.41 Å². The van der Waals surface area contributed by atoms with Crippen molar-refractivity contribution in [3.05, 3.63) is 22.0 Å². The van der Waals surface area contributed by atoms with Crippen molar-refractivity contribution in [3.8, 4) is 12.1 Å². The minimum atomic E-state index is -0.610. The van der Waals surface area contributed by atoms with E-state index in [1.54, 1.807) is 13.8 Å². The van der Waals surface area contributed by atoms with Gasteiger partial charge in [0.05, 0.1) is 40.2 Å². The average molecular weight is 346 g/mol. The lowest BCUT2D eigenvalue weighted by Gasteiger charge is -2.40. The fourth-order valence-corrected chi connectivity index (χ4v) is 4.26. The average Bonchev–Trinajstić information content (AvgIpc) is 2.53. The van der Waals surface area contributed by atoms with Crippen LogP contribution in [0.5, 0.6) is 0 Å². The highest BCUT2D eigenvalue weighted by Crippen LogP contribution is 2.51. The van der Waals surface area contributed by atoms with E-state index in [-0.39, 0.29) is 23.6 Å². The van der Waals surface area contributed by atoms with Crippen molar-refractivity contribution >= 4 is 17.7 Å². The molecule has 7 heteroatoms. The molecule has 1 fully saturated rings. The number of esters is 1. The molecule has 1 aliphatic heterocycles. The van der Waals surface area contributed by atoms with Gasteiger partial charge in [-0.25, -0.2) is 0 Å². The SMILES string of the molecule is CC(C)OC(=O)CSC1=C(C#N)C2(CCCCC2)C(C#N)=C(N)N1. The van der Waals surface area contributed by atoms with Gasteiger partial charge in [-0.3, -0.25) is 4.79 Å². The number of nitrogens with zero attached hydrogens (tertiary/aromatic N) is 2. The first-order valence-electron chi connectivity index (χ1n) is 8.09. The lowest BCUT2D eigenvalue weighted by molar-refractivity contribution is -0.144. The summed E-state index contributed by atoms with van der Waals surface area (Å²) in [7, 11) is 0. The van der Waals surface area contributed by atoms with Gasteiger partial charge >= 0.3 is 5.97 Å². The van der Waals surface area contributed by atoms with Crippen molar-refractivity contribution in [2.45, 2.75) is 52.1 Å². The summed E-state index contributed by atoms with van der Waals surface area (Å²) in [5.41, 5.74) is 6.43. The first-order chi connectivity index (χ1) is 11.4. The Kier molecular flexibility index (Phi) is 5.80. The van der Waals surface area contributed by atoms with Crippen molar-refractivity contribution < 1.29 is 9.53 Å². The van der Waals surface area contributed by atoms with Crippen LogP contribution in [0.4, 0.5) is 0 Å². The van der Waals surface area contributed by atoms with Crippen LogP contribution >= 0.6 is 11.8 Å². The van der Waals surface area contributed by atoms with Crippen LogP contribution in [0.25, 0.3) is 0 Å². The Bertz CT molecular complexity index is 661. The van der Waals surface area contributed by atoms with Gasteiger partial charge in [0.1, 0.15) is 5.82 Å². The second-order valence-corrected chi connectivity index (χ2v) is 7.30. The Morgan fingerprint density at radius 2 is 1.92 bits per heavy atom. The molecule has 0 aromatic rings. The van der Waals surface area contributed by atoms with E-state index in [0.717, 1.165) is 32.1 Å². The standard InChI is InChI=1S/C17H22N4O2S/c1-11(2)23-14(22)10-24-16-13(9-19)17(6-4-3-5-7-17)12(8-18)15(20)21-16/h11,21H,3-7,10,20H2,1-2H3. The highest BCUT2D eigenvalue weighted by molar-refractivity contribution is 8.03. The van der Waals surface area contributed by atoms with Crippen LogP contribution in [0.15, 0.2) is 22.0 Å². The lowest BCUT2D eigenvalue weighted by atomic mass is 9.64. The second-order valence-electron chi connectivity index (χ2n) is 6.31. The van der Waals surface area contributed by atoms with Gasteiger partial charge < -0.3 is 15.8 Å². The Hall–Kier alpha value is -2.12. The predicted molar refractivity (Wildman–Crippen MR) is 91.8 cm³/mol. The molecule has 0 bridgehead atoms. The molecule has 0 amide bonds. The quantitative estimate of drug-likeness (QED) is 0.752. The molecule has 0 saturated heterocycles. The molecule has 1 spiro atoms. The molecule has 0 aromatic carbocycles. The van der Waals surface area contributed by atoms with Crippen LogP contribution in [0.3, 0.4) is 0 Å². The van der Waals surface area contributed by atoms with Crippen molar-refractivity contribution in [2.24, 2.45) is 11.1 Å². The predicted octanol–water partition coefficient (Wildman–Crippen LogP) is 2.65. The molecule has 0 aromatic heterocycles. The van der Waals surface area contributed by atoms with E-state index in [9.17, 15) is 15.3 Å². The second kappa shape index (κ2) is 7.63. The van der Waals surface area contributed by atoms with Gasteiger partial charge in [-0.2, -0.15) is 10.5 Å². The molecule has 1 aliphatic carbocycles. The van der Waals surface area contributed by atoms with E-state index in [0.29, 0.717) is 16.2 Å². The molecule has 128 valence electrons. The van der Waals surface area contributed by atoms with Gasteiger partial charge in [0.15, 0.2) is 0 Å². The van der Waals surface area contributed by atoms with Gasteiger partial charge in [-0.1, -0.05) is 31.0 Å². The summed E-state index contributed by atoms with van der Waals surface area (Å²) >= 11 is 1.21. The highest BCUT2D eigenvalue weighted by atomic mass is 32.2. The topological polar surface area (TPSA) is 112 Å². The molecule has 0 radical (unpaired) electrons. The van der Waals surface area contributed by atoms with Gasteiger partial charge in [0, 0.05) is 5.41 Å². The van der Waals surface area contributed by atoms with Crippen LogP contribution < -0.4 is 11.1 Å². The molecule has 6 nitrogen and oxygen atoms in total. The molecule has 0 unspecified atom stereocenters. The molecule has 1 saturated carbocycles. The number of nitriles is 2. The smallest absolute Gasteiger partial charge is 0.316 e. The van der Waals surface area contributed by atoms with Crippen LogP contribution in [0, 0.1) is 28.1 Å². The summed E-state index contributed by atoms with van der Waals surface area (Å²) in [5.74, 6) is 0.0442. The number of thioether (sulfide) groups is 1. The van der Waals surface area contributed by atoms with Crippen molar-refractivity contribution in [1.29, 1.82) is 10.5 Å². The molecule has 1 heterocycles. The van der Waals surface area contributed by atoms with Gasteiger partial charge in [-0.05, 0) is 26.7 Å². The molecule has 3 N–H and O–H groups in total. The third-order valence-corrected chi connectivity index (χ3v) is 5.31. The maximum absolute atomic E-state index is 11.8. The third kappa shape index (κ3) is 3.52. The molecule has 0 atom stereocenters. The molecule has 24 heavy (non-hydrogen) atoms. The zero-order valence-corrected chi connectivity index (χ0v) is 14.8. The van der Waals surface area contributed by atoms with Gasteiger partial charge in [0.2, 0.25) is 0 Å². The number of ether oxygens (including phenoxy) is 1. The number of nitrogens with two attached hydrogens (primary N) is 1. The van der Waals surface area contributed by atoms with E-state index >= 15 is 0 Å². The summed E-state index contributed by atoms with van der Waals surface area (Å²) in [6.07, 6.45) is 4.30.